The SMILES string of the molecule is CC(C)[C@H]1C(=O)N[C@@H](CO)Cc2c[nH]c3c4c(cc(c23)N1C)C(C)(C(C)C)CCC4(C)C. The van der Waals surface area contributed by atoms with E-state index in [0.29, 0.717) is 12.3 Å². The number of aliphatic hydroxyl groups is 1. The van der Waals surface area contributed by atoms with Crippen LogP contribution in [0, 0.1) is 11.8 Å². The lowest BCUT2D eigenvalue weighted by Gasteiger charge is -2.47. The first kappa shape index (κ1) is 23.2. The number of fused-ring (bicyclic) bond motifs is 2. The summed E-state index contributed by atoms with van der Waals surface area (Å²) < 4.78 is 0. The average Bonchev–Trinajstić information content (AvgIpc) is 3.13. The Kier molecular flexibility index (Phi) is 5.64. The number of aromatic amines is 1. The van der Waals surface area contributed by atoms with Gasteiger partial charge in [-0.2, -0.15) is 0 Å². The van der Waals surface area contributed by atoms with Crippen LogP contribution in [-0.2, 0) is 22.0 Å². The molecule has 1 aromatic heterocycles. The molecule has 2 heterocycles. The van der Waals surface area contributed by atoms with E-state index in [1.54, 1.807) is 0 Å². The summed E-state index contributed by atoms with van der Waals surface area (Å²) in [4.78, 5) is 19.1. The Balaban J connectivity index is 2.09. The fraction of sp³-hybridized carbons (Fsp3) is 0.667. The van der Waals surface area contributed by atoms with Gasteiger partial charge in [0.15, 0.2) is 0 Å². The zero-order chi connectivity index (χ0) is 23.6. The van der Waals surface area contributed by atoms with Gasteiger partial charge >= 0.3 is 0 Å². The molecule has 4 rings (SSSR count). The largest absolute Gasteiger partial charge is 0.394 e. The Morgan fingerprint density at radius 2 is 1.88 bits per heavy atom. The Morgan fingerprint density at radius 1 is 1.19 bits per heavy atom. The molecular formula is C27H41N3O2. The average molecular weight is 440 g/mol. The Bertz CT molecular complexity index is 1040. The third kappa shape index (κ3) is 3.35. The maximum atomic E-state index is 13.3. The smallest absolute Gasteiger partial charge is 0.243 e. The topological polar surface area (TPSA) is 68.4 Å². The van der Waals surface area contributed by atoms with Crippen LogP contribution in [0.2, 0.25) is 0 Å². The molecule has 0 saturated carbocycles. The van der Waals surface area contributed by atoms with Gasteiger partial charge < -0.3 is 20.3 Å². The van der Waals surface area contributed by atoms with Gasteiger partial charge in [-0.25, -0.2) is 0 Å². The number of likely N-dealkylation sites (N-methyl/N-ethyl adjacent to an activating group) is 1. The van der Waals surface area contributed by atoms with E-state index in [-0.39, 0.29) is 41.3 Å². The highest BCUT2D eigenvalue weighted by Gasteiger charge is 2.44. The fourth-order valence-electron chi connectivity index (χ4n) is 6.18. The molecular weight excluding hydrogens is 398 g/mol. The normalized spacial score (nSPS) is 27.8. The number of carbonyl (C=O) groups is 1. The molecule has 1 amide bonds. The summed E-state index contributed by atoms with van der Waals surface area (Å²) >= 11 is 0. The number of hydrogen-bond donors (Lipinski definition) is 3. The predicted octanol–water partition coefficient (Wildman–Crippen LogP) is 4.65. The molecule has 5 heteroatoms. The molecule has 3 N–H and O–H groups in total. The summed E-state index contributed by atoms with van der Waals surface area (Å²) in [5.41, 5.74) is 6.52. The van der Waals surface area contributed by atoms with E-state index in [0.717, 1.165) is 18.5 Å². The molecule has 1 aliphatic heterocycles. The summed E-state index contributed by atoms with van der Waals surface area (Å²) in [6.07, 6.45) is 5.04. The van der Waals surface area contributed by atoms with Crippen molar-refractivity contribution in [3.8, 4) is 0 Å². The summed E-state index contributed by atoms with van der Waals surface area (Å²) in [6, 6.07) is 1.82. The van der Waals surface area contributed by atoms with Gasteiger partial charge in [-0.3, -0.25) is 4.79 Å². The van der Waals surface area contributed by atoms with E-state index in [1.165, 1.54) is 27.6 Å². The molecule has 0 radical (unpaired) electrons. The first-order chi connectivity index (χ1) is 14.9. The van der Waals surface area contributed by atoms with Crippen molar-refractivity contribution in [1.82, 2.24) is 10.3 Å². The Labute approximate surface area is 193 Å². The van der Waals surface area contributed by atoms with Crippen molar-refractivity contribution in [2.45, 2.75) is 90.6 Å². The van der Waals surface area contributed by atoms with Crippen LogP contribution in [0.3, 0.4) is 0 Å². The van der Waals surface area contributed by atoms with E-state index in [1.807, 2.05) is 0 Å². The zero-order valence-corrected chi connectivity index (χ0v) is 21.1. The van der Waals surface area contributed by atoms with Crippen LogP contribution in [0.15, 0.2) is 12.3 Å². The summed E-state index contributed by atoms with van der Waals surface area (Å²) in [6.45, 7) is 15.9. The number of nitrogens with zero attached hydrogens (tertiary/aromatic N) is 1. The summed E-state index contributed by atoms with van der Waals surface area (Å²) in [5, 5.41) is 14.3. The number of nitrogens with one attached hydrogen (secondary N) is 2. The molecule has 2 aliphatic rings. The number of rotatable bonds is 3. The van der Waals surface area contributed by atoms with Crippen molar-refractivity contribution in [3.63, 3.8) is 0 Å². The molecule has 176 valence electrons. The minimum atomic E-state index is -0.298. The standard InChI is InChI=1S/C27H41N3O2/c1-15(2)24-25(32)29-18(14-31)11-17-13-28-23-21(17)20(30(24)8)12-19-22(23)26(5,6)9-10-27(19,7)16(3)4/h12-13,15-16,18,24,28,31H,9-11,14H2,1-8H3,(H,29,32)/t18-,24+,27?/m1/s1. The van der Waals surface area contributed by atoms with Gasteiger partial charge in [0.2, 0.25) is 5.91 Å². The van der Waals surface area contributed by atoms with Crippen molar-refractivity contribution < 1.29 is 9.90 Å². The fourth-order valence-corrected chi connectivity index (χ4v) is 6.18. The van der Waals surface area contributed by atoms with Crippen LogP contribution >= 0.6 is 0 Å². The minimum Gasteiger partial charge on any atom is -0.394 e. The number of benzene rings is 1. The lowest BCUT2D eigenvalue weighted by Crippen LogP contribution is -2.52. The van der Waals surface area contributed by atoms with Gasteiger partial charge in [0.05, 0.1) is 18.2 Å². The number of carbonyl (C=O) groups excluding carboxylic acids is 1. The Hall–Kier alpha value is -2.01. The molecule has 5 nitrogen and oxygen atoms in total. The molecule has 32 heavy (non-hydrogen) atoms. The van der Waals surface area contributed by atoms with Crippen molar-refractivity contribution in [3.05, 3.63) is 29.0 Å². The summed E-state index contributed by atoms with van der Waals surface area (Å²) in [5.74, 6) is 0.647. The van der Waals surface area contributed by atoms with Gasteiger partial charge in [-0.05, 0) is 64.7 Å². The van der Waals surface area contributed by atoms with Gasteiger partial charge in [-0.1, -0.05) is 48.5 Å². The molecule has 0 saturated heterocycles. The number of hydrogen-bond acceptors (Lipinski definition) is 3. The van der Waals surface area contributed by atoms with Crippen LogP contribution < -0.4 is 10.2 Å². The van der Waals surface area contributed by atoms with Gasteiger partial charge in [0, 0.05) is 24.3 Å². The van der Waals surface area contributed by atoms with Crippen LogP contribution in [0.25, 0.3) is 10.9 Å². The maximum absolute atomic E-state index is 13.3. The number of amides is 1. The van der Waals surface area contributed by atoms with Gasteiger partial charge in [-0.15, -0.1) is 0 Å². The first-order valence-corrected chi connectivity index (χ1v) is 12.2. The molecule has 2 aromatic rings. The molecule has 1 aliphatic carbocycles. The first-order valence-electron chi connectivity index (χ1n) is 12.2. The number of aliphatic hydroxyl groups excluding tert-OH is 1. The highest BCUT2D eigenvalue weighted by Crippen LogP contribution is 2.53. The van der Waals surface area contributed by atoms with Crippen LogP contribution in [0.5, 0.6) is 0 Å². The Morgan fingerprint density at radius 3 is 2.47 bits per heavy atom. The van der Waals surface area contributed by atoms with E-state index in [9.17, 15) is 9.90 Å². The number of H-pyrrole nitrogens is 1. The molecule has 1 unspecified atom stereocenters. The second-order valence-corrected chi connectivity index (χ2v) is 11.7. The summed E-state index contributed by atoms with van der Waals surface area (Å²) in [7, 11) is 2.06. The quantitative estimate of drug-likeness (QED) is 0.652. The molecule has 0 fully saturated rings. The van der Waals surface area contributed by atoms with Crippen molar-refractivity contribution in [2.75, 3.05) is 18.6 Å². The molecule has 1 aromatic carbocycles. The predicted molar refractivity (Wildman–Crippen MR) is 132 cm³/mol. The van der Waals surface area contributed by atoms with Crippen molar-refractivity contribution in [1.29, 1.82) is 0 Å². The lowest BCUT2D eigenvalue weighted by atomic mass is 9.58. The highest BCUT2D eigenvalue weighted by molar-refractivity contribution is 6.01. The molecule has 3 atom stereocenters. The van der Waals surface area contributed by atoms with E-state index in [2.05, 4.69) is 83.0 Å². The van der Waals surface area contributed by atoms with Crippen molar-refractivity contribution in [2.24, 2.45) is 11.8 Å². The third-order valence-electron chi connectivity index (χ3n) is 8.58. The molecule has 0 bridgehead atoms. The number of aromatic nitrogens is 1. The van der Waals surface area contributed by atoms with Crippen LogP contribution in [0.4, 0.5) is 5.69 Å². The van der Waals surface area contributed by atoms with E-state index in [4.69, 9.17) is 0 Å². The van der Waals surface area contributed by atoms with Crippen molar-refractivity contribution >= 4 is 22.5 Å². The monoisotopic (exact) mass is 439 g/mol. The lowest BCUT2D eigenvalue weighted by molar-refractivity contribution is -0.124. The zero-order valence-electron chi connectivity index (χ0n) is 21.1. The maximum Gasteiger partial charge on any atom is 0.243 e. The van der Waals surface area contributed by atoms with Gasteiger partial charge in [0.25, 0.3) is 0 Å². The number of anilines is 1. The minimum absolute atomic E-state index is 0.00601. The third-order valence-corrected chi connectivity index (χ3v) is 8.58. The highest BCUT2D eigenvalue weighted by atomic mass is 16.3. The second-order valence-electron chi connectivity index (χ2n) is 11.7. The van der Waals surface area contributed by atoms with Gasteiger partial charge in [0.1, 0.15) is 6.04 Å². The van der Waals surface area contributed by atoms with E-state index < -0.39 is 0 Å². The van der Waals surface area contributed by atoms with Crippen LogP contribution in [-0.4, -0.2) is 41.7 Å². The molecule has 0 spiro atoms. The van der Waals surface area contributed by atoms with Crippen LogP contribution in [0.1, 0.15) is 78.0 Å². The van der Waals surface area contributed by atoms with E-state index >= 15 is 0 Å². The second kappa shape index (κ2) is 7.79.